The number of aromatic nitrogens is 2. The minimum absolute atomic E-state index is 0.103. The van der Waals surface area contributed by atoms with Crippen LogP contribution in [0.1, 0.15) is 55.3 Å². The molecule has 0 radical (unpaired) electrons. The van der Waals surface area contributed by atoms with Crippen LogP contribution < -0.4 is 20.1 Å². The van der Waals surface area contributed by atoms with Gasteiger partial charge in [-0.25, -0.2) is 13.4 Å². The van der Waals surface area contributed by atoms with E-state index in [0.29, 0.717) is 31.9 Å². The number of fused-ring (bicyclic) bond motifs is 1. The number of imidazole rings is 1. The summed E-state index contributed by atoms with van der Waals surface area (Å²) in [6, 6.07) is 13.6. The van der Waals surface area contributed by atoms with Gasteiger partial charge in [-0.15, -0.1) is 0 Å². The Morgan fingerprint density at radius 1 is 1.07 bits per heavy atom. The number of nitrogens with zero attached hydrogens (tertiary/aromatic N) is 2. The first-order valence-corrected chi connectivity index (χ1v) is 17.8. The lowest BCUT2D eigenvalue weighted by Gasteiger charge is -2.41. The van der Waals surface area contributed by atoms with Crippen LogP contribution >= 0.6 is 0 Å². The molecule has 1 atom stereocenters. The fourth-order valence-corrected chi connectivity index (χ4v) is 7.55. The van der Waals surface area contributed by atoms with Crippen LogP contribution in [0.25, 0.3) is 0 Å². The van der Waals surface area contributed by atoms with Gasteiger partial charge in [0, 0.05) is 31.4 Å². The van der Waals surface area contributed by atoms with E-state index in [1.165, 1.54) is 24.0 Å². The molecule has 2 aromatic carbocycles. The van der Waals surface area contributed by atoms with Crippen LogP contribution in [0.15, 0.2) is 66.0 Å². The number of carbonyl (C=O) groups excluding carboxylic acids is 2. The molecule has 5 rings (SSSR count). The molecule has 4 N–H and O–H groups in total. The summed E-state index contributed by atoms with van der Waals surface area (Å²) >= 11 is 0. The maximum absolute atomic E-state index is 13.5. The molecule has 1 aromatic heterocycles. The normalized spacial score (nSPS) is 18.6. The van der Waals surface area contributed by atoms with Crippen LogP contribution in [0.4, 0.5) is 0 Å². The minimum Gasteiger partial charge on any atom is -0.491 e. The topological polar surface area (TPSA) is 146 Å². The molecule has 12 heteroatoms. The van der Waals surface area contributed by atoms with Crippen molar-refractivity contribution in [1.29, 1.82) is 0 Å². The highest BCUT2D eigenvalue weighted by molar-refractivity contribution is 7.89. The molecule has 1 unspecified atom stereocenters. The third kappa shape index (κ3) is 8.95. The second kappa shape index (κ2) is 15.7. The first-order valence-electron chi connectivity index (χ1n) is 16.3. The van der Waals surface area contributed by atoms with E-state index in [9.17, 15) is 18.0 Å². The smallest absolute Gasteiger partial charge is 0.241 e. The predicted octanol–water partition coefficient (Wildman–Crippen LogP) is 3.12. The van der Waals surface area contributed by atoms with E-state index in [2.05, 4.69) is 36.3 Å². The number of aromatic amines is 1. The second-order valence-electron chi connectivity index (χ2n) is 12.5. The molecule has 2 aliphatic heterocycles. The molecule has 46 heavy (non-hydrogen) atoms. The molecular formula is C34H46N6O5S. The first-order chi connectivity index (χ1) is 22.2. The van der Waals surface area contributed by atoms with Crippen molar-refractivity contribution < 1.29 is 22.7 Å². The molecule has 3 heterocycles. The number of carbonyl (C=O) groups is 2. The predicted molar refractivity (Wildman–Crippen MR) is 176 cm³/mol. The highest BCUT2D eigenvalue weighted by Gasteiger charge is 2.40. The van der Waals surface area contributed by atoms with E-state index in [0.717, 1.165) is 69.3 Å². The number of hydrogen-bond donors (Lipinski definition) is 4. The van der Waals surface area contributed by atoms with Crippen LogP contribution in [0.3, 0.4) is 0 Å². The number of sulfonamides is 1. The molecule has 2 aliphatic rings. The molecule has 1 spiro atoms. The van der Waals surface area contributed by atoms with Crippen molar-refractivity contribution in [2.75, 3.05) is 39.3 Å². The van der Waals surface area contributed by atoms with Crippen molar-refractivity contribution in [3.8, 4) is 5.75 Å². The zero-order chi connectivity index (χ0) is 32.4. The number of nitrogens with one attached hydrogen (secondary N) is 4. The number of aryl methyl sites for hydroxylation is 2. The zero-order valence-electron chi connectivity index (χ0n) is 26.6. The van der Waals surface area contributed by atoms with E-state index >= 15 is 0 Å². The summed E-state index contributed by atoms with van der Waals surface area (Å²) < 4.78 is 34.8. The van der Waals surface area contributed by atoms with Gasteiger partial charge in [0.1, 0.15) is 18.4 Å². The maximum Gasteiger partial charge on any atom is 0.241 e. The van der Waals surface area contributed by atoms with Crippen molar-refractivity contribution in [1.82, 2.24) is 30.2 Å². The van der Waals surface area contributed by atoms with Crippen molar-refractivity contribution in [2.45, 2.75) is 69.2 Å². The molecule has 11 nitrogen and oxygen atoms in total. The standard InChI is InChI=1S/C34H46N6O5S/c1-26-10-12-29(13-11-26)46(43,44)39-30(23-28-24-35-25-38-28)32(41)36-17-21-40-19-15-34(16-20-40)14-6-2-3-7-27-8-4-5-9-31(27)45-22-18-37-33(34)42/h4-5,8-13,24-25,30,39H,2-3,6-7,14-23H2,1H3,(H,35,38)(H,36,41)(H,37,42). The van der Waals surface area contributed by atoms with E-state index in [-0.39, 0.29) is 17.2 Å². The van der Waals surface area contributed by atoms with Gasteiger partial charge in [0.05, 0.1) is 23.2 Å². The summed E-state index contributed by atoms with van der Waals surface area (Å²) in [7, 11) is -3.92. The highest BCUT2D eigenvalue weighted by atomic mass is 32.2. The fraction of sp³-hybridized carbons (Fsp3) is 0.500. The number of ether oxygens (including phenoxy) is 1. The van der Waals surface area contributed by atoms with Crippen LogP contribution in [0, 0.1) is 12.3 Å². The zero-order valence-corrected chi connectivity index (χ0v) is 27.4. The summed E-state index contributed by atoms with van der Waals surface area (Å²) in [5.74, 6) is 0.610. The van der Waals surface area contributed by atoms with Crippen LogP contribution in [0.2, 0.25) is 0 Å². The van der Waals surface area contributed by atoms with Gasteiger partial charge in [-0.2, -0.15) is 4.72 Å². The van der Waals surface area contributed by atoms with E-state index in [4.69, 9.17) is 4.74 Å². The van der Waals surface area contributed by atoms with Gasteiger partial charge in [0.25, 0.3) is 0 Å². The number of hydrogen-bond acceptors (Lipinski definition) is 7. The minimum atomic E-state index is -3.92. The Bertz CT molecular complexity index is 1540. The number of rotatable bonds is 9. The van der Waals surface area contributed by atoms with E-state index in [1.54, 1.807) is 18.3 Å². The lowest BCUT2D eigenvalue weighted by Crippen LogP contribution is -2.52. The SMILES string of the molecule is Cc1ccc(S(=O)(=O)NC(Cc2cnc[nH]2)C(=O)NCCN2CCC3(CCCCCc4ccccc4OCCNC3=O)CC2)cc1. The number of para-hydroxylation sites is 1. The summed E-state index contributed by atoms with van der Waals surface area (Å²) in [6.45, 7) is 5.27. The largest absolute Gasteiger partial charge is 0.491 e. The number of H-pyrrole nitrogens is 1. The van der Waals surface area contributed by atoms with Crippen molar-refractivity contribution in [3.05, 3.63) is 77.9 Å². The molecule has 3 aromatic rings. The van der Waals surface area contributed by atoms with Crippen molar-refractivity contribution in [3.63, 3.8) is 0 Å². The third-order valence-electron chi connectivity index (χ3n) is 9.17. The Hall–Kier alpha value is -3.74. The van der Waals surface area contributed by atoms with Gasteiger partial charge < -0.3 is 25.3 Å². The van der Waals surface area contributed by atoms with Gasteiger partial charge in [-0.1, -0.05) is 48.7 Å². The van der Waals surface area contributed by atoms with Crippen LogP contribution in [-0.2, 0) is 32.5 Å². The van der Waals surface area contributed by atoms with Gasteiger partial charge in [-0.3, -0.25) is 9.59 Å². The molecule has 0 aliphatic carbocycles. The van der Waals surface area contributed by atoms with Gasteiger partial charge in [0.15, 0.2) is 0 Å². The average Bonchev–Trinajstić information content (AvgIpc) is 3.57. The van der Waals surface area contributed by atoms with E-state index in [1.807, 2.05) is 25.1 Å². The van der Waals surface area contributed by atoms with Gasteiger partial charge in [-0.05, 0) is 75.9 Å². The average molecular weight is 651 g/mol. The quantitative estimate of drug-likeness (QED) is 0.279. The molecule has 0 saturated carbocycles. The Kier molecular flexibility index (Phi) is 11.5. The Balaban J connectivity index is 1.13. The molecule has 1 saturated heterocycles. The molecule has 2 amide bonds. The number of benzene rings is 2. The first kappa shape index (κ1) is 33.6. The molecule has 1 fully saturated rings. The summed E-state index contributed by atoms with van der Waals surface area (Å²) in [6.07, 6.45) is 9.69. The molecule has 0 bridgehead atoms. The Morgan fingerprint density at radius 3 is 2.61 bits per heavy atom. The molecule has 248 valence electrons. The number of likely N-dealkylation sites (tertiary alicyclic amines) is 1. The Morgan fingerprint density at radius 2 is 1.85 bits per heavy atom. The summed E-state index contributed by atoms with van der Waals surface area (Å²) in [5, 5.41) is 6.08. The maximum atomic E-state index is 13.5. The van der Waals surface area contributed by atoms with Crippen molar-refractivity contribution >= 4 is 21.8 Å². The van der Waals surface area contributed by atoms with Crippen molar-refractivity contribution in [2.24, 2.45) is 5.41 Å². The van der Waals surface area contributed by atoms with Gasteiger partial charge >= 0.3 is 0 Å². The fourth-order valence-electron chi connectivity index (χ4n) is 6.35. The summed E-state index contributed by atoms with van der Waals surface area (Å²) in [4.78, 5) is 36.1. The number of piperidine rings is 1. The van der Waals surface area contributed by atoms with Crippen LogP contribution in [0.5, 0.6) is 5.75 Å². The lowest BCUT2D eigenvalue weighted by atomic mass is 9.73. The highest BCUT2D eigenvalue weighted by Crippen LogP contribution is 2.37. The number of amides is 2. The van der Waals surface area contributed by atoms with E-state index < -0.39 is 27.4 Å². The lowest BCUT2D eigenvalue weighted by molar-refractivity contribution is -0.134. The Labute approximate surface area is 272 Å². The van der Waals surface area contributed by atoms with Crippen LogP contribution in [-0.4, -0.2) is 80.5 Å². The van der Waals surface area contributed by atoms with Gasteiger partial charge in [0.2, 0.25) is 21.8 Å². The molecular weight excluding hydrogens is 604 g/mol. The third-order valence-corrected chi connectivity index (χ3v) is 10.7. The second-order valence-corrected chi connectivity index (χ2v) is 14.2. The summed E-state index contributed by atoms with van der Waals surface area (Å²) in [5.41, 5.74) is 2.41. The monoisotopic (exact) mass is 650 g/mol.